The summed E-state index contributed by atoms with van der Waals surface area (Å²) < 4.78 is 6.32. The molecule has 1 heterocycles. The van der Waals surface area contributed by atoms with Gasteiger partial charge in [0.15, 0.2) is 0 Å². The van der Waals surface area contributed by atoms with Crippen molar-refractivity contribution in [3.05, 3.63) is 38.5 Å². The molecule has 2 rings (SSSR count). The fraction of sp³-hybridized carbons (Fsp3) is 0.333. The molecule has 17 heavy (non-hydrogen) atoms. The van der Waals surface area contributed by atoms with Gasteiger partial charge >= 0.3 is 5.69 Å². The number of ether oxygens (including phenoxy) is 1. The van der Waals surface area contributed by atoms with E-state index in [0.29, 0.717) is 23.2 Å². The summed E-state index contributed by atoms with van der Waals surface area (Å²) in [4.78, 5) is 26.6. The Labute approximate surface area is 97.7 Å². The van der Waals surface area contributed by atoms with Crippen molar-refractivity contribution in [3.63, 3.8) is 0 Å². The second kappa shape index (κ2) is 4.08. The summed E-state index contributed by atoms with van der Waals surface area (Å²) in [6, 6.07) is 3.55. The topological polar surface area (TPSA) is 64.1 Å². The second-order valence-electron chi connectivity index (χ2n) is 3.81. The number of H-pyrrole nitrogens is 1. The zero-order valence-corrected chi connectivity index (χ0v) is 10.0. The van der Waals surface area contributed by atoms with E-state index in [9.17, 15) is 9.59 Å². The maximum atomic E-state index is 12.2. The average molecular weight is 234 g/mol. The highest BCUT2D eigenvalue weighted by atomic mass is 16.5. The lowest BCUT2D eigenvalue weighted by atomic mass is 10.1. The van der Waals surface area contributed by atoms with E-state index in [-0.39, 0.29) is 5.56 Å². The first-order valence-corrected chi connectivity index (χ1v) is 5.40. The summed E-state index contributed by atoms with van der Waals surface area (Å²) in [5.74, 6) is 0.503. The van der Waals surface area contributed by atoms with E-state index < -0.39 is 5.69 Å². The highest BCUT2D eigenvalue weighted by molar-refractivity contribution is 5.86. The number of rotatable bonds is 2. The Hall–Kier alpha value is -2.04. The van der Waals surface area contributed by atoms with Crippen LogP contribution >= 0.6 is 0 Å². The fourth-order valence-electron chi connectivity index (χ4n) is 1.95. The molecule has 0 aliphatic rings. The number of aryl methyl sites for hydroxylation is 1. The molecule has 0 radical (unpaired) electrons. The SMILES string of the molecule is CCn1c(=O)[nH]c2c(OC)ccc(C)c2c1=O. The number of methoxy groups -OCH3 is 1. The number of hydrogen-bond donors (Lipinski definition) is 1. The molecule has 0 amide bonds. The van der Waals surface area contributed by atoms with Crippen LogP contribution in [0, 0.1) is 6.92 Å². The Balaban J connectivity index is 3.06. The summed E-state index contributed by atoms with van der Waals surface area (Å²) in [5.41, 5.74) is 0.605. The Morgan fingerprint density at radius 2 is 2.06 bits per heavy atom. The molecule has 0 saturated carbocycles. The predicted molar refractivity (Wildman–Crippen MR) is 65.8 cm³/mol. The fourth-order valence-corrected chi connectivity index (χ4v) is 1.95. The van der Waals surface area contributed by atoms with Gasteiger partial charge in [-0.1, -0.05) is 6.07 Å². The highest BCUT2D eigenvalue weighted by Crippen LogP contribution is 2.22. The van der Waals surface area contributed by atoms with Gasteiger partial charge in [0.1, 0.15) is 5.75 Å². The van der Waals surface area contributed by atoms with Crippen LogP contribution in [0.4, 0.5) is 0 Å². The summed E-state index contributed by atoms with van der Waals surface area (Å²) >= 11 is 0. The largest absolute Gasteiger partial charge is 0.495 e. The van der Waals surface area contributed by atoms with Gasteiger partial charge in [0, 0.05) is 6.54 Å². The number of fused-ring (bicyclic) bond motifs is 1. The molecular weight excluding hydrogens is 220 g/mol. The van der Waals surface area contributed by atoms with Crippen LogP contribution in [-0.2, 0) is 6.54 Å². The van der Waals surface area contributed by atoms with Gasteiger partial charge in [0.2, 0.25) is 0 Å². The van der Waals surface area contributed by atoms with Crippen molar-refractivity contribution < 1.29 is 4.74 Å². The van der Waals surface area contributed by atoms with Gasteiger partial charge in [-0.2, -0.15) is 0 Å². The van der Waals surface area contributed by atoms with Crippen molar-refractivity contribution in [2.75, 3.05) is 7.11 Å². The van der Waals surface area contributed by atoms with E-state index in [1.165, 1.54) is 11.7 Å². The molecule has 1 aromatic heterocycles. The van der Waals surface area contributed by atoms with Crippen molar-refractivity contribution >= 4 is 10.9 Å². The van der Waals surface area contributed by atoms with Crippen LogP contribution in [0.5, 0.6) is 5.75 Å². The molecule has 1 N–H and O–H groups in total. The van der Waals surface area contributed by atoms with E-state index in [0.717, 1.165) is 5.56 Å². The summed E-state index contributed by atoms with van der Waals surface area (Å²) in [6.45, 7) is 3.94. The lowest BCUT2D eigenvalue weighted by Crippen LogP contribution is -2.34. The lowest BCUT2D eigenvalue weighted by molar-refractivity contribution is 0.418. The molecule has 0 aliphatic heterocycles. The number of aromatic amines is 1. The third-order valence-electron chi connectivity index (χ3n) is 2.85. The van der Waals surface area contributed by atoms with Gasteiger partial charge in [0.05, 0.1) is 18.0 Å². The molecule has 0 atom stereocenters. The van der Waals surface area contributed by atoms with Crippen LogP contribution in [0.3, 0.4) is 0 Å². The molecule has 1 aromatic carbocycles. The lowest BCUT2D eigenvalue weighted by Gasteiger charge is -2.09. The Morgan fingerprint density at radius 3 is 2.65 bits per heavy atom. The number of aromatic nitrogens is 2. The van der Waals surface area contributed by atoms with Crippen LogP contribution in [0.1, 0.15) is 12.5 Å². The summed E-state index contributed by atoms with van der Waals surface area (Å²) in [6.07, 6.45) is 0. The van der Waals surface area contributed by atoms with Crippen molar-refractivity contribution in [2.45, 2.75) is 20.4 Å². The average Bonchev–Trinajstić information content (AvgIpc) is 2.29. The molecule has 0 bridgehead atoms. The van der Waals surface area contributed by atoms with Gasteiger partial charge in [-0.3, -0.25) is 9.36 Å². The van der Waals surface area contributed by atoms with Crippen molar-refractivity contribution in [3.8, 4) is 5.75 Å². The normalized spacial score (nSPS) is 10.8. The maximum Gasteiger partial charge on any atom is 0.328 e. The van der Waals surface area contributed by atoms with Crippen LogP contribution in [0.15, 0.2) is 21.7 Å². The standard InChI is InChI=1S/C12H14N2O3/c1-4-14-11(15)9-7(2)5-6-8(17-3)10(9)13-12(14)16/h5-6H,4H2,1-3H3,(H,13,16). The smallest absolute Gasteiger partial charge is 0.328 e. The molecule has 5 nitrogen and oxygen atoms in total. The molecular formula is C12H14N2O3. The zero-order valence-electron chi connectivity index (χ0n) is 10.0. The number of benzene rings is 1. The predicted octanol–water partition coefficient (Wildman–Crippen LogP) is 1.03. The van der Waals surface area contributed by atoms with Gasteiger partial charge < -0.3 is 9.72 Å². The first-order chi connectivity index (χ1) is 8.10. The molecule has 0 aliphatic carbocycles. The van der Waals surface area contributed by atoms with E-state index in [1.54, 1.807) is 19.1 Å². The quantitative estimate of drug-likeness (QED) is 0.844. The van der Waals surface area contributed by atoms with Crippen molar-refractivity contribution in [1.29, 1.82) is 0 Å². The van der Waals surface area contributed by atoms with E-state index in [2.05, 4.69) is 4.98 Å². The van der Waals surface area contributed by atoms with E-state index in [1.807, 2.05) is 6.92 Å². The molecule has 0 fully saturated rings. The number of nitrogens with one attached hydrogen (secondary N) is 1. The Kier molecular flexibility index (Phi) is 2.75. The maximum absolute atomic E-state index is 12.2. The Morgan fingerprint density at radius 1 is 1.35 bits per heavy atom. The molecule has 90 valence electrons. The minimum atomic E-state index is -0.408. The van der Waals surface area contributed by atoms with Crippen LogP contribution in [0.2, 0.25) is 0 Å². The first-order valence-electron chi connectivity index (χ1n) is 5.40. The number of hydrogen-bond acceptors (Lipinski definition) is 3. The highest BCUT2D eigenvalue weighted by Gasteiger charge is 2.12. The van der Waals surface area contributed by atoms with Crippen molar-refractivity contribution in [2.24, 2.45) is 0 Å². The van der Waals surface area contributed by atoms with Gasteiger partial charge in [0.25, 0.3) is 5.56 Å². The third kappa shape index (κ3) is 1.63. The zero-order chi connectivity index (χ0) is 12.6. The van der Waals surface area contributed by atoms with E-state index in [4.69, 9.17) is 4.74 Å². The molecule has 0 spiro atoms. The minimum Gasteiger partial charge on any atom is -0.495 e. The summed E-state index contributed by atoms with van der Waals surface area (Å²) in [7, 11) is 1.51. The van der Waals surface area contributed by atoms with Crippen LogP contribution in [0.25, 0.3) is 10.9 Å². The van der Waals surface area contributed by atoms with Gasteiger partial charge in [-0.15, -0.1) is 0 Å². The third-order valence-corrected chi connectivity index (χ3v) is 2.85. The van der Waals surface area contributed by atoms with Crippen molar-refractivity contribution in [1.82, 2.24) is 9.55 Å². The Bertz CT molecular complexity index is 682. The summed E-state index contributed by atoms with van der Waals surface area (Å²) in [5, 5.41) is 0.505. The van der Waals surface area contributed by atoms with Crippen LogP contribution < -0.4 is 16.0 Å². The molecule has 5 heteroatoms. The second-order valence-corrected chi connectivity index (χ2v) is 3.81. The molecule has 2 aromatic rings. The first kappa shape index (κ1) is 11.4. The monoisotopic (exact) mass is 234 g/mol. The van der Waals surface area contributed by atoms with E-state index >= 15 is 0 Å². The van der Waals surface area contributed by atoms with Crippen LogP contribution in [-0.4, -0.2) is 16.7 Å². The molecule has 0 saturated heterocycles. The van der Waals surface area contributed by atoms with Gasteiger partial charge in [-0.25, -0.2) is 4.79 Å². The molecule has 0 unspecified atom stereocenters. The van der Waals surface area contributed by atoms with Gasteiger partial charge in [-0.05, 0) is 25.5 Å². The number of nitrogens with zero attached hydrogens (tertiary/aromatic N) is 1. The minimum absolute atomic E-state index is 0.275.